The first kappa shape index (κ1) is 40.6. The number of benzene rings is 4. The van der Waals surface area contributed by atoms with E-state index in [0.29, 0.717) is 11.5 Å². The van der Waals surface area contributed by atoms with E-state index in [1.807, 2.05) is 79.7 Å². The molecule has 0 amide bonds. The number of aromatic hydroxyl groups is 2. The average molecular weight is 573 g/mol. The largest absolute Gasteiger partial charge is 0.508 e. The fourth-order valence-electron chi connectivity index (χ4n) is 3.83. The Morgan fingerprint density at radius 1 is 0.333 bits per heavy atom. The van der Waals surface area contributed by atoms with E-state index >= 15 is 0 Å². The molecule has 0 aliphatic rings. The van der Waals surface area contributed by atoms with E-state index in [4.69, 9.17) is 0 Å². The number of hydrogen-bond acceptors (Lipinski definition) is 2. The van der Waals surface area contributed by atoms with E-state index < -0.39 is 0 Å². The van der Waals surface area contributed by atoms with Crippen LogP contribution < -0.4 is 0 Å². The Morgan fingerprint density at radius 2 is 0.524 bits per heavy atom. The van der Waals surface area contributed by atoms with Crippen LogP contribution in [0.2, 0.25) is 0 Å². The highest BCUT2D eigenvalue weighted by Crippen LogP contribution is 2.14. The van der Waals surface area contributed by atoms with Crippen LogP contribution in [0.15, 0.2) is 97.1 Å². The number of phenolic OH excluding ortho intramolecular Hbond substituents is 2. The second-order valence-electron chi connectivity index (χ2n) is 9.01. The van der Waals surface area contributed by atoms with E-state index in [1.165, 1.54) is 33.4 Å². The average Bonchev–Trinajstić information content (AvgIpc) is 3.05. The number of aryl methyl sites for hydroxylation is 6. The third kappa shape index (κ3) is 19.5. The van der Waals surface area contributed by atoms with Gasteiger partial charge in [-0.1, -0.05) is 139 Å². The SMILES string of the molecule is CC.CC.CC.CC.Cc1ccc(CCCc2ccc(O)cc2)cc1.Cc1ccc(CCCc2ccc(O)cc2)cc1. The Hall–Kier alpha value is -3.52. The summed E-state index contributed by atoms with van der Waals surface area (Å²) in [5.74, 6) is 0.680. The van der Waals surface area contributed by atoms with Crippen LogP contribution >= 0.6 is 0 Å². The molecule has 2 N–H and O–H groups in total. The third-order valence-corrected chi connectivity index (χ3v) is 5.98. The van der Waals surface area contributed by atoms with Crippen molar-refractivity contribution in [2.75, 3.05) is 0 Å². The Labute approximate surface area is 259 Å². The molecule has 2 nitrogen and oxygen atoms in total. The molecular weight excluding hydrogens is 512 g/mol. The molecule has 4 aromatic carbocycles. The van der Waals surface area contributed by atoms with E-state index in [-0.39, 0.29) is 0 Å². The van der Waals surface area contributed by atoms with Gasteiger partial charge in [0, 0.05) is 0 Å². The van der Waals surface area contributed by atoms with Crippen molar-refractivity contribution in [3.05, 3.63) is 130 Å². The molecule has 4 aromatic rings. The van der Waals surface area contributed by atoms with Gasteiger partial charge in [-0.3, -0.25) is 0 Å². The Bertz CT molecular complexity index is 910. The lowest BCUT2D eigenvalue weighted by Gasteiger charge is -2.03. The van der Waals surface area contributed by atoms with Gasteiger partial charge in [-0.15, -0.1) is 0 Å². The van der Waals surface area contributed by atoms with E-state index in [1.54, 1.807) is 24.3 Å². The fourth-order valence-corrected chi connectivity index (χ4v) is 3.83. The highest BCUT2D eigenvalue weighted by Gasteiger charge is 1.97. The van der Waals surface area contributed by atoms with Gasteiger partial charge in [0.1, 0.15) is 11.5 Å². The predicted molar refractivity (Wildman–Crippen MR) is 188 cm³/mol. The maximum atomic E-state index is 9.19. The number of hydrogen-bond donors (Lipinski definition) is 2. The van der Waals surface area contributed by atoms with Crippen LogP contribution in [0.3, 0.4) is 0 Å². The number of rotatable bonds is 8. The van der Waals surface area contributed by atoms with Crippen molar-refractivity contribution < 1.29 is 10.2 Å². The van der Waals surface area contributed by atoms with Gasteiger partial charge in [-0.05, 0) is 98.9 Å². The van der Waals surface area contributed by atoms with Gasteiger partial charge in [-0.2, -0.15) is 0 Å². The minimum atomic E-state index is 0.340. The first-order chi connectivity index (χ1) is 20.5. The predicted octanol–water partition coefficient (Wildman–Crippen LogP) is 11.9. The van der Waals surface area contributed by atoms with Crippen molar-refractivity contribution in [1.29, 1.82) is 0 Å². The molecule has 0 aliphatic heterocycles. The summed E-state index contributed by atoms with van der Waals surface area (Å²) < 4.78 is 0. The maximum absolute atomic E-state index is 9.19. The van der Waals surface area contributed by atoms with Gasteiger partial charge < -0.3 is 10.2 Å². The van der Waals surface area contributed by atoms with Crippen LogP contribution in [0.1, 0.15) is 102 Å². The molecular formula is C40H60O2. The van der Waals surface area contributed by atoms with Gasteiger partial charge in [0.05, 0.1) is 0 Å². The summed E-state index contributed by atoms with van der Waals surface area (Å²) in [6.45, 7) is 20.2. The van der Waals surface area contributed by atoms with E-state index in [0.717, 1.165) is 38.5 Å². The monoisotopic (exact) mass is 572 g/mol. The van der Waals surface area contributed by atoms with E-state index in [9.17, 15) is 10.2 Å². The van der Waals surface area contributed by atoms with Crippen molar-refractivity contribution in [3.63, 3.8) is 0 Å². The van der Waals surface area contributed by atoms with Crippen molar-refractivity contribution >= 4 is 0 Å². The quantitative estimate of drug-likeness (QED) is 0.220. The zero-order valence-electron chi connectivity index (χ0n) is 28.4. The topological polar surface area (TPSA) is 40.5 Å². The molecule has 0 spiro atoms. The lowest BCUT2D eigenvalue weighted by Crippen LogP contribution is -1.90. The van der Waals surface area contributed by atoms with Gasteiger partial charge in [0.25, 0.3) is 0 Å². The van der Waals surface area contributed by atoms with Crippen molar-refractivity contribution in [1.82, 2.24) is 0 Å². The smallest absolute Gasteiger partial charge is 0.115 e. The van der Waals surface area contributed by atoms with Crippen LogP contribution in [-0.4, -0.2) is 10.2 Å². The molecule has 2 heteroatoms. The second-order valence-corrected chi connectivity index (χ2v) is 9.01. The summed E-state index contributed by atoms with van der Waals surface area (Å²) in [6, 6.07) is 32.4. The lowest BCUT2D eigenvalue weighted by atomic mass is 10.0. The molecule has 0 aliphatic carbocycles. The molecule has 0 fully saturated rings. The van der Waals surface area contributed by atoms with Gasteiger partial charge in [-0.25, -0.2) is 0 Å². The normalized spacial score (nSPS) is 9.00. The molecule has 4 rings (SSSR count). The minimum Gasteiger partial charge on any atom is -0.508 e. The standard InChI is InChI=1S/2C16H18O.4C2H6/c2*1-13-5-7-14(8-6-13)3-2-4-15-9-11-16(17)12-10-15;4*1-2/h2*5-12,17H,2-4H2,1H3;4*1-2H3. The first-order valence-electron chi connectivity index (χ1n) is 16.1. The molecule has 0 heterocycles. The summed E-state index contributed by atoms with van der Waals surface area (Å²) in [5.41, 5.74) is 7.99. The van der Waals surface area contributed by atoms with Crippen LogP contribution in [0.25, 0.3) is 0 Å². The van der Waals surface area contributed by atoms with Crippen molar-refractivity contribution in [2.24, 2.45) is 0 Å². The second kappa shape index (κ2) is 27.6. The summed E-state index contributed by atoms with van der Waals surface area (Å²) in [4.78, 5) is 0. The molecule has 232 valence electrons. The van der Waals surface area contributed by atoms with E-state index in [2.05, 4.69) is 62.4 Å². The highest BCUT2D eigenvalue weighted by atomic mass is 16.3. The van der Waals surface area contributed by atoms with Crippen molar-refractivity contribution in [2.45, 2.75) is 108 Å². The van der Waals surface area contributed by atoms with Gasteiger partial charge in [0.2, 0.25) is 0 Å². The maximum Gasteiger partial charge on any atom is 0.115 e. The minimum absolute atomic E-state index is 0.340. The van der Waals surface area contributed by atoms with Crippen LogP contribution in [0, 0.1) is 13.8 Å². The van der Waals surface area contributed by atoms with Gasteiger partial charge in [0.15, 0.2) is 0 Å². The van der Waals surface area contributed by atoms with Crippen LogP contribution in [0.5, 0.6) is 11.5 Å². The molecule has 0 bridgehead atoms. The van der Waals surface area contributed by atoms with Crippen molar-refractivity contribution in [3.8, 4) is 11.5 Å². The Morgan fingerprint density at radius 3 is 0.738 bits per heavy atom. The highest BCUT2D eigenvalue weighted by molar-refractivity contribution is 5.27. The van der Waals surface area contributed by atoms with Crippen LogP contribution in [-0.2, 0) is 25.7 Å². The summed E-state index contributed by atoms with van der Waals surface area (Å²) >= 11 is 0. The summed E-state index contributed by atoms with van der Waals surface area (Å²) in [7, 11) is 0. The molecule has 0 saturated heterocycles. The fraction of sp³-hybridized carbons (Fsp3) is 0.400. The molecule has 0 radical (unpaired) electrons. The Kier molecular flexibility index (Phi) is 26.7. The number of phenols is 2. The molecule has 0 atom stereocenters. The molecule has 42 heavy (non-hydrogen) atoms. The summed E-state index contributed by atoms with van der Waals surface area (Å²) in [6.07, 6.45) is 6.65. The molecule has 0 saturated carbocycles. The zero-order chi connectivity index (χ0) is 32.2. The third-order valence-electron chi connectivity index (χ3n) is 5.98. The molecule has 0 aromatic heterocycles. The summed E-state index contributed by atoms with van der Waals surface area (Å²) in [5, 5.41) is 18.4. The van der Waals surface area contributed by atoms with Crippen LogP contribution in [0.4, 0.5) is 0 Å². The molecule has 0 unspecified atom stereocenters. The van der Waals surface area contributed by atoms with Gasteiger partial charge >= 0.3 is 0 Å². The Balaban J connectivity index is 0. The first-order valence-corrected chi connectivity index (χ1v) is 16.1. The lowest BCUT2D eigenvalue weighted by molar-refractivity contribution is 0.474. The zero-order valence-corrected chi connectivity index (χ0v) is 28.4.